The van der Waals surface area contributed by atoms with Crippen molar-refractivity contribution in [2.45, 2.75) is 20.3 Å². The van der Waals surface area contributed by atoms with E-state index < -0.39 is 0 Å². The van der Waals surface area contributed by atoms with Crippen LogP contribution < -0.4 is 14.8 Å². The van der Waals surface area contributed by atoms with Gasteiger partial charge in [0.2, 0.25) is 10.8 Å². The van der Waals surface area contributed by atoms with Crippen LogP contribution in [0.4, 0.5) is 0 Å². The van der Waals surface area contributed by atoms with Gasteiger partial charge in [-0.2, -0.15) is 14.6 Å². The number of para-hydroxylation sites is 2. The lowest BCUT2D eigenvalue weighted by Crippen LogP contribution is -2.23. The van der Waals surface area contributed by atoms with Gasteiger partial charge in [0, 0.05) is 28.3 Å². The second kappa shape index (κ2) is 10.2. The highest BCUT2D eigenvalue weighted by atomic mass is 32.1. The number of hydrogen-bond acceptors (Lipinski definition) is 7. The molecule has 3 aromatic carbocycles. The van der Waals surface area contributed by atoms with Gasteiger partial charge in [-0.25, -0.2) is 4.68 Å². The minimum atomic E-state index is -0.237. The SMILES string of the molecule is CCCOc1ccc(-c2nn(-c3ccccc3)cc2C=c2sc3nc(-c4oc5ccccc5c4C)nn3c2=O)cc1. The first-order chi connectivity index (χ1) is 20.1. The molecule has 4 heterocycles. The Morgan fingerprint density at radius 2 is 1.76 bits per heavy atom. The first kappa shape index (κ1) is 25.0. The maximum Gasteiger partial charge on any atom is 0.291 e. The number of aromatic nitrogens is 5. The van der Waals surface area contributed by atoms with E-state index in [1.165, 1.54) is 15.9 Å². The molecule has 7 aromatic rings. The maximum absolute atomic E-state index is 13.5. The first-order valence-electron chi connectivity index (χ1n) is 13.4. The number of nitrogens with zero attached hydrogens (tertiary/aromatic N) is 5. The minimum Gasteiger partial charge on any atom is -0.494 e. The van der Waals surface area contributed by atoms with Crippen LogP contribution in [-0.2, 0) is 0 Å². The molecule has 0 bridgehead atoms. The third-order valence-electron chi connectivity index (χ3n) is 6.88. The van der Waals surface area contributed by atoms with Gasteiger partial charge in [-0.05, 0) is 61.9 Å². The molecular weight excluding hydrogens is 534 g/mol. The molecule has 0 spiro atoms. The van der Waals surface area contributed by atoms with Gasteiger partial charge in [-0.1, -0.05) is 54.7 Å². The molecule has 0 aliphatic rings. The Balaban J connectivity index is 1.32. The van der Waals surface area contributed by atoms with Crippen molar-refractivity contribution in [1.29, 1.82) is 0 Å². The summed E-state index contributed by atoms with van der Waals surface area (Å²) in [5.74, 6) is 1.79. The predicted molar refractivity (Wildman–Crippen MR) is 161 cm³/mol. The van der Waals surface area contributed by atoms with Crippen LogP contribution in [0.1, 0.15) is 24.5 Å². The molecule has 0 saturated carbocycles. The summed E-state index contributed by atoms with van der Waals surface area (Å²) < 4.78 is 15.5. The summed E-state index contributed by atoms with van der Waals surface area (Å²) >= 11 is 1.29. The van der Waals surface area contributed by atoms with Gasteiger partial charge in [0.1, 0.15) is 17.0 Å². The molecule has 7 rings (SSSR count). The first-order valence-corrected chi connectivity index (χ1v) is 14.2. The molecule has 0 saturated heterocycles. The number of aryl methyl sites for hydroxylation is 1. The highest BCUT2D eigenvalue weighted by Crippen LogP contribution is 2.31. The van der Waals surface area contributed by atoms with Crippen molar-refractivity contribution in [2.75, 3.05) is 6.61 Å². The number of benzene rings is 3. The normalized spacial score (nSPS) is 12.1. The molecular formula is C32H25N5O3S. The van der Waals surface area contributed by atoms with Crippen molar-refractivity contribution in [2.24, 2.45) is 0 Å². The van der Waals surface area contributed by atoms with Gasteiger partial charge in [-0.15, -0.1) is 5.10 Å². The predicted octanol–water partition coefficient (Wildman–Crippen LogP) is 6.06. The van der Waals surface area contributed by atoms with E-state index in [-0.39, 0.29) is 5.56 Å². The molecule has 0 N–H and O–H groups in total. The van der Waals surface area contributed by atoms with Gasteiger partial charge in [-0.3, -0.25) is 4.79 Å². The lowest BCUT2D eigenvalue weighted by atomic mass is 10.1. The van der Waals surface area contributed by atoms with E-state index in [1.807, 2.05) is 103 Å². The fraction of sp³-hybridized carbons (Fsp3) is 0.125. The Kier molecular flexibility index (Phi) is 6.20. The van der Waals surface area contributed by atoms with Crippen molar-refractivity contribution >= 4 is 33.3 Å². The number of hydrogen-bond donors (Lipinski definition) is 0. The molecule has 9 heteroatoms. The van der Waals surface area contributed by atoms with Gasteiger partial charge >= 0.3 is 0 Å². The van der Waals surface area contributed by atoms with Crippen LogP contribution in [-0.4, -0.2) is 31.0 Å². The third kappa shape index (κ3) is 4.50. The van der Waals surface area contributed by atoms with Crippen molar-refractivity contribution in [1.82, 2.24) is 24.4 Å². The maximum atomic E-state index is 13.5. The Bertz CT molecular complexity index is 2120. The van der Waals surface area contributed by atoms with E-state index in [0.717, 1.165) is 51.2 Å². The van der Waals surface area contributed by atoms with Crippen molar-refractivity contribution in [3.8, 4) is 34.3 Å². The monoisotopic (exact) mass is 559 g/mol. The average molecular weight is 560 g/mol. The fourth-order valence-corrected chi connectivity index (χ4v) is 5.72. The number of thiazole rings is 1. The van der Waals surface area contributed by atoms with Crippen LogP contribution in [0.2, 0.25) is 0 Å². The molecule has 0 unspecified atom stereocenters. The second-order valence-electron chi connectivity index (χ2n) is 9.68. The van der Waals surface area contributed by atoms with E-state index in [0.29, 0.717) is 27.7 Å². The van der Waals surface area contributed by atoms with E-state index in [9.17, 15) is 4.79 Å². The van der Waals surface area contributed by atoms with Crippen molar-refractivity contribution < 1.29 is 9.15 Å². The van der Waals surface area contributed by atoms with Crippen molar-refractivity contribution in [3.05, 3.63) is 111 Å². The summed E-state index contributed by atoms with van der Waals surface area (Å²) in [6.07, 6.45) is 4.74. The highest BCUT2D eigenvalue weighted by Gasteiger charge is 2.19. The summed E-state index contributed by atoms with van der Waals surface area (Å²) in [7, 11) is 0. The van der Waals surface area contributed by atoms with Crippen LogP contribution in [0, 0.1) is 6.92 Å². The quantitative estimate of drug-likeness (QED) is 0.236. The van der Waals surface area contributed by atoms with Gasteiger partial charge in [0.25, 0.3) is 5.56 Å². The van der Waals surface area contributed by atoms with E-state index in [2.05, 4.69) is 17.0 Å². The Morgan fingerprint density at radius 3 is 2.51 bits per heavy atom. The van der Waals surface area contributed by atoms with E-state index in [1.54, 1.807) is 0 Å². The summed E-state index contributed by atoms with van der Waals surface area (Å²) in [5.41, 5.74) is 4.89. The van der Waals surface area contributed by atoms with Gasteiger partial charge in [0.05, 0.1) is 16.8 Å². The molecule has 0 fully saturated rings. The zero-order chi connectivity index (χ0) is 27.9. The zero-order valence-electron chi connectivity index (χ0n) is 22.4. The Labute approximate surface area is 238 Å². The van der Waals surface area contributed by atoms with Crippen LogP contribution in [0.5, 0.6) is 5.75 Å². The second-order valence-corrected chi connectivity index (χ2v) is 10.7. The molecule has 4 aromatic heterocycles. The van der Waals surface area contributed by atoms with Gasteiger partial charge < -0.3 is 9.15 Å². The standard InChI is InChI=1S/C32H25N5O3S/c1-3-17-39-24-15-13-21(14-16-24)28-22(19-36(34-28)23-9-5-4-6-10-23)18-27-31(38)37-32(41-27)33-30(35-37)29-20(2)25-11-7-8-12-26(25)40-29/h4-16,18-19H,3,17H2,1-2H3. The van der Waals surface area contributed by atoms with Crippen molar-refractivity contribution in [3.63, 3.8) is 0 Å². The summed E-state index contributed by atoms with van der Waals surface area (Å²) in [6, 6.07) is 25.6. The lowest BCUT2D eigenvalue weighted by molar-refractivity contribution is 0.317. The average Bonchev–Trinajstić information content (AvgIpc) is 3.77. The van der Waals surface area contributed by atoms with Crippen LogP contribution in [0.25, 0.3) is 50.5 Å². The molecule has 0 amide bonds. The van der Waals surface area contributed by atoms with Gasteiger partial charge in [0.15, 0.2) is 5.76 Å². The largest absolute Gasteiger partial charge is 0.494 e. The number of rotatable bonds is 7. The smallest absolute Gasteiger partial charge is 0.291 e. The summed E-state index contributed by atoms with van der Waals surface area (Å²) in [5, 5.41) is 10.4. The fourth-order valence-electron chi connectivity index (χ4n) is 4.82. The third-order valence-corrected chi connectivity index (χ3v) is 7.84. The molecule has 0 atom stereocenters. The van der Waals surface area contributed by atoms with Crippen LogP contribution in [0.15, 0.2) is 94.3 Å². The van der Waals surface area contributed by atoms with Crippen LogP contribution in [0.3, 0.4) is 0 Å². The Morgan fingerprint density at radius 1 is 0.976 bits per heavy atom. The summed E-state index contributed by atoms with van der Waals surface area (Å²) in [6.45, 7) is 4.72. The number of fused-ring (bicyclic) bond motifs is 2. The minimum absolute atomic E-state index is 0.237. The molecule has 0 aliphatic carbocycles. The summed E-state index contributed by atoms with van der Waals surface area (Å²) in [4.78, 5) is 18.6. The Hall–Kier alpha value is -5.02. The molecule has 8 nitrogen and oxygen atoms in total. The molecule has 41 heavy (non-hydrogen) atoms. The lowest BCUT2D eigenvalue weighted by Gasteiger charge is -2.05. The van der Waals surface area contributed by atoms with Crippen LogP contribution >= 0.6 is 11.3 Å². The molecule has 202 valence electrons. The van der Waals surface area contributed by atoms with E-state index >= 15 is 0 Å². The van der Waals surface area contributed by atoms with E-state index in [4.69, 9.17) is 14.3 Å². The molecule has 0 radical (unpaired) electrons. The number of furan rings is 1. The number of ether oxygens (including phenoxy) is 1. The highest BCUT2D eigenvalue weighted by molar-refractivity contribution is 7.15. The topological polar surface area (TPSA) is 87.4 Å². The zero-order valence-corrected chi connectivity index (χ0v) is 23.3. The molecule has 0 aliphatic heterocycles.